The van der Waals surface area contributed by atoms with Crippen LogP contribution in [0.2, 0.25) is 0 Å². The molecule has 0 saturated heterocycles. The third-order valence-corrected chi connectivity index (χ3v) is 4.22. The Morgan fingerprint density at radius 1 is 1.30 bits per heavy atom. The Morgan fingerprint density at radius 3 is 2.74 bits per heavy atom. The molecule has 2 aromatic rings. The second-order valence-corrected chi connectivity index (χ2v) is 5.87. The second-order valence-electron chi connectivity index (χ2n) is 5.87. The zero-order valence-corrected chi connectivity index (χ0v) is 13.7. The molecule has 8 heteroatoms. The van der Waals surface area contributed by atoms with Gasteiger partial charge in [0.15, 0.2) is 5.82 Å². The van der Waals surface area contributed by atoms with Crippen molar-refractivity contribution in [3.8, 4) is 0 Å². The van der Waals surface area contributed by atoms with Crippen molar-refractivity contribution in [3.63, 3.8) is 0 Å². The fourth-order valence-electron chi connectivity index (χ4n) is 2.89. The number of hydrogen-bond donors (Lipinski definition) is 0. The molecule has 0 saturated carbocycles. The van der Waals surface area contributed by atoms with Gasteiger partial charge < -0.3 is 9.42 Å². The molecule has 0 aromatic carbocycles. The molecule has 0 unspecified atom stereocenters. The third kappa shape index (κ3) is 2.80. The van der Waals surface area contributed by atoms with E-state index in [-0.39, 0.29) is 18.0 Å². The van der Waals surface area contributed by atoms with Crippen LogP contribution in [0.3, 0.4) is 0 Å². The number of carbonyl (C=O) groups is 1. The average molecular weight is 319 g/mol. The summed E-state index contributed by atoms with van der Waals surface area (Å²) in [5, 5.41) is 8.23. The van der Waals surface area contributed by atoms with E-state index >= 15 is 0 Å². The molecule has 124 valence electrons. The lowest BCUT2D eigenvalue weighted by Crippen LogP contribution is -2.41. The van der Waals surface area contributed by atoms with E-state index in [1.54, 1.807) is 9.47 Å². The summed E-state index contributed by atoms with van der Waals surface area (Å²) in [6.07, 6.45) is 1.12. The van der Waals surface area contributed by atoms with Gasteiger partial charge in [0, 0.05) is 25.2 Å². The summed E-state index contributed by atoms with van der Waals surface area (Å²) < 4.78 is 8.25. The molecule has 0 radical (unpaired) electrons. The minimum absolute atomic E-state index is 0.00291. The van der Waals surface area contributed by atoms with Crippen molar-refractivity contribution in [1.29, 1.82) is 0 Å². The quantitative estimate of drug-likeness (QED) is 0.825. The van der Waals surface area contributed by atoms with Crippen molar-refractivity contribution < 1.29 is 9.32 Å². The molecule has 0 aliphatic carbocycles. The highest BCUT2D eigenvalue weighted by Crippen LogP contribution is 2.16. The van der Waals surface area contributed by atoms with Gasteiger partial charge in [0.25, 0.3) is 0 Å². The summed E-state index contributed by atoms with van der Waals surface area (Å²) in [6, 6.07) is 0. The van der Waals surface area contributed by atoms with Gasteiger partial charge in [0.05, 0.1) is 18.7 Å². The van der Waals surface area contributed by atoms with Crippen LogP contribution in [-0.4, -0.2) is 36.9 Å². The number of amides is 1. The minimum atomic E-state index is -0.0836. The van der Waals surface area contributed by atoms with Crippen molar-refractivity contribution in [2.24, 2.45) is 0 Å². The number of fused-ring (bicyclic) bond motifs is 1. The molecule has 1 amide bonds. The standard InChI is InChI=1S/C15H21N5O3/c1-4-5-20-15(22)19-7-6-18(9-13(19)16-20)14(21)8-12-10(2)17-23-11(12)3/h4-9H2,1-3H3. The Labute approximate surface area is 133 Å². The molecule has 3 heterocycles. The number of hydrogen-bond acceptors (Lipinski definition) is 5. The average Bonchev–Trinajstić information content (AvgIpc) is 3.01. The van der Waals surface area contributed by atoms with E-state index in [2.05, 4.69) is 10.3 Å². The van der Waals surface area contributed by atoms with E-state index in [1.807, 2.05) is 20.8 Å². The number of rotatable bonds is 4. The minimum Gasteiger partial charge on any atom is -0.361 e. The molecule has 2 aromatic heterocycles. The Balaban J connectivity index is 1.75. The topological polar surface area (TPSA) is 86.2 Å². The van der Waals surface area contributed by atoms with Gasteiger partial charge in [-0.2, -0.15) is 5.10 Å². The smallest absolute Gasteiger partial charge is 0.346 e. The highest BCUT2D eigenvalue weighted by Gasteiger charge is 2.26. The number of carbonyl (C=O) groups excluding carboxylic acids is 1. The summed E-state index contributed by atoms with van der Waals surface area (Å²) >= 11 is 0. The van der Waals surface area contributed by atoms with Crippen molar-refractivity contribution in [1.82, 2.24) is 24.4 Å². The van der Waals surface area contributed by atoms with Crippen molar-refractivity contribution in [3.05, 3.63) is 33.3 Å². The molecule has 0 fully saturated rings. The predicted molar refractivity (Wildman–Crippen MR) is 81.9 cm³/mol. The van der Waals surface area contributed by atoms with E-state index in [4.69, 9.17) is 4.52 Å². The van der Waals surface area contributed by atoms with E-state index < -0.39 is 0 Å². The van der Waals surface area contributed by atoms with Crippen molar-refractivity contribution >= 4 is 5.91 Å². The summed E-state index contributed by atoms with van der Waals surface area (Å²) in [7, 11) is 0. The normalized spacial score (nSPS) is 14.1. The molecule has 0 spiro atoms. The first-order chi connectivity index (χ1) is 11.0. The molecular formula is C15H21N5O3. The largest absolute Gasteiger partial charge is 0.361 e. The van der Waals surface area contributed by atoms with Crippen LogP contribution >= 0.6 is 0 Å². The Morgan fingerprint density at radius 2 is 2.09 bits per heavy atom. The highest BCUT2D eigenvalue weighted by atomic mass is 16.5. The van der Waals surface area contributed by atoms with Crippen molar-refractivity contribution in [2.75, 3.05) is 6.54 Å². The maximum atomic E-state index is 12.5. The van der Waals surface area contributed by atoms with Crippen LogP contribution in [0.1, 0.15) is 36.2 Å². The van der Waals surface area contributed by atoms with Crippen LogP contribution in [0.5, 0.6) is 0 Å². The highest BCUT2D eigenvalue weighted by molar-refractivity contribution is 5.79. The van der Waals surface area contributed by atoms with E-state index in [0.29, 0.717) is 37.8 Å². The summed E-state index contributed by atoms with van der Waals surface area (Å²) in [6.45, 7) is 7.63. The fourth-order valence-corrected chi connectivity index (χ4v) is 2.89. The van der Waals surface area contributed by atoms with Crippen molar-refractivity contribution in [2.45, 2.75) is 53.2 Å². The zero-order chi connectivity index (χ0) is 16.6. The Hall–Kier alpha value is -2.38. The van der Waals surface area contributed by atoms with Gasteiger partial charge in [-0.15, -0.1) is 0 Å². The van der Waals surface area contributed by atoms with Crippen LogP contribution < -0.4 is 5.69 Å². The monoisotopic (exact) mass is 319 g/mol. The molecule has 3 rings (SSSR count). The van der Waals surface area contributed by atoms with Crippen LogP contribution in [0.25, 0.3) is 0 Å². The van der Waals surface area contributed by atoms with Gasteiger partial charge in [-0.3, -0.25) is 9.36 Å². The zero-order valence-electron chi connectivity index (χ0n) is 13.7. The Kier molecular flexibility index (Phi) is 4.06. The molecule has 0 N–H and O–H groups in total. The maximum Gasteiger partial charge on any atom is 0.346 e. The van der Waals surface area contributed by atoms with Gasteiger partial charge in [0.2, 0.25) is 5.91 Å². The van der Waals surface area contributed by atoms with Crippen LogP contribution in [0.4, 0.5) is 0 Å². The second kappa shape index (κ2) is 6.02. The molecule has 23 heavy (non-hydrogen) atoms. The summed E-state index contributed by atoms with van der Waals surface area (Å²) in [4.78, 5) is 26.4. The first-order valence-corrected chi connectivity index (χ1v) is 7.87. The lowest BCUT2D eigenvalue weighted by atomic mass is 10.1. The van der Waals surface area contributed by atoms with Crippen LogP contribution in [-0.2, 0) is 30.8 Å². The number of nitrogens with zero attached hydrogens (tertiary/aromatic N) is 5. The molecule has 1 aliphatic heterocycles. The van der Waals surface area contributed by atoms with Gasteiger partial charge in [0.1, 0.15) is 5.76 Å². The van der Waals surface area contributed by atoms with E-state index in [0.717, 1.165) is 17.7 Å². The fraction of sp³-hybridized carbons (Fsp3) is 0.600. The van der Waals surface area contributed by atoms with E-state index in [1.165, 1.54) is 4.68 Å². The number of aryl methyl sites for hydroxylation is 3. The van der Waals surface area contributed by atoms with Crippen LogP contribution in [0.15, 0.2) is 9.32 Å². The van der Waals surface area contributed by atoms with Gasteiger partial charge in [-0.05, 0) is 20.3 Å². The lowest BCUT2D eigenvalue weighted by molar-refractivity contribution is -0.132. The summed E-state index contributed by atoms with van der Waals surface area (Å²) in [5.41, 5.74) is 1.51. The molecular weight excluding hydrogens is 298 g/mol. The molecule has 0 atom stereocenters. The molecule has 1 aliphatic rings. The SMILES string of the molecule is CCCn1nc2n(c1=O)CCN(C(=O)Cc1c(C)noc1C)C2. The van der Waals surface area contributed by atoms with Gasteiger partial charge in [-0.25, -0.2) is 9.48 Å². The first-order valence-electron chi connectivity index (χ1n) is 7.87. The van der Waals surface area contributed by atoms with Gasteiger partial charge >= 0.3 is 5.69 Å². The maximum absolute atomic E-state index is 12.5. The lowest BCUT2D eigenvalue weighted by Gasteiger charge is -2.26. The van der Waals surface area contributed by atoms with Crippen LogP contribution in [0, 0.1) is 13.8 Å². The first kappa shape index (κ1) is 15.5. The molecule has 8 nitrogen and oxygen atoms in total. The Bertz CT molecular complexity index is 766. The van der Waals surface area contributed by atoms with Gasteiger partial charge in [-0.1, -0.05) is 12.1 Å². The predicted octanol–water partition coefficient (Wildman–Crippen LogP) is 0.645. The summed E-state index contributed by atoms with van der Waals surface area (Å²) in [5.74, 6) is 1.34. The third-order valence-electron chi connectivity index (χ3n) is 4.22. The van der Waals surface area contributed by atoms with E-state index in [9.17, 15) is 9.59 Å². The molecule has 0 bridgehead atoms. The number of aromatic nitrogens is 4.